The maximum absolute atomic E-state index is 11.8. The molecule has 8 heteroatoms. The minimum Gasteiger partial charge on any atom is -0.444 e. The largest absolute Gasteiger partial charge is 0.444 e. The van der Waals surface area contributed by atoms with Crippen LogP contribution in [0.15, 0.2) is 30.3 Å². The number of benzene rings is 1. The molecule has 1 amide bonds. The molecule has 0 aliphatic rings. The fourth-order valence-electron chi connectivity index (χ4n) is 1.70. The van der Waals surface area contributed by atoms with Gasteiger partial charge in [-0.3, -0.25) is 4.18 Å². The predicted octanol–water partition coefficient (Wildman–Crippen LogP) is 1.34. The van der Waals surface area contributed by atoms with Crippen molar-refractivity contribution in [3.05, 3.63) is 35.9 Å². The molecule has 0 heterocycles. The molecule has 124 valence electrons. The van der Waals surface area contributed by atoms with Gasteiger partial charge in [0.05, 0.1) is 12.6 Å². The molecule has 3 N–H and O–H groups in total. The number of carbonyl (C=O) groups excluding carboxylic acids is 1. The summed E-state index contributed by atoms with van der Waals surface area (Å²) in [4.78, 5) is 11.8. The van der Waals surface area contributed by atoms with Crippen LogP contribution in [0.25, 0.3) is 0 Å². The maximum atomic E-state index is 11.8. The SMILES string of the molecule is CC(C)(C)OC(=O)NC(COS(N)(=O)=O)Cc1ccccc1. The standard InChI is InChI=1S/C14H22N2O5S/c1-14(2,3)21-13(17)16-12(10-20-22(15,18)19)9-11-7-5-4-6-8-11/h4-8,12H,9-10H2,1-3H3,(H,16,17)(H2,15,18,19). The van der Waals surface area contributed by atoms with Crippen molar-refractivity contribution in [3.63, 3.8) is 0 Å². The molecule has 0 fully saturated rings. The summed E-state index contributed by atoms with van der Waals surface area (Å²) in [7, 11) is -4.07. The zero-order valence-corrected chi connectivity index (χ0v) is 13.7. The van der Waals surface area contributed by atoms with Crippen LogP contribution >= 0.6 is 0 Å². The monoisotopic (exact) mass is 330 g/mol. The Kier molecular flexibility index (Phi) is 6.34. The van der Waals surface area contributed by atoms with Gasteiger partial charge in [-0.25, -0.2) is 9.93 Å². The first-order valence-electron chi connectivity index (χ1n) is 6.76. The van der Waals surface area contributed by atoms with Crippen LogP contribution in [0.2, 0.25) is 0 Å². The molecule has 1 atom stereocenters. The van der Waals surface area contributed by atoms with Crippen LogP contribution in [-0.4, -0.2) is 32.8 Å². The maximum Gasteiger partial charge on any atom is 0.407 e. The summed E-state index contributed by atoms with van der Waals surface area (Å²) in [6.45, 7) is 4.94. The number of hydrogen-bond donors (Lipinski definition) is 2. The Hall–Kier alpha value is -1.64. The second kappa shape index (κ2) is 7.57. The van der Waals surface area contributed by atoms with Crippen molar-refractivity contribution in [1.82, 2.24) is 5.32 Å². The van der Waals surface area contributed by atoms with E-state index < -0.39 is 28.0 Å². The number of nitrogens with two attached hydrogens (primary N) is 1. The van der Waals surface area contributed by atoms with Crippen LogP contribution in [0.5, 0.6) is 0 Å². The molecule has 22 heavy (non-hydrogen) atoms. The Morgan fingerprint density at radius 3 is 2.36 bits per heavy atom. The van der Waals surface area contributed by atoms with Gasteiger partial charge in [-0.2, -0.15) is 8.42 Å². The lowest BCUT2D eigenvalue weighted by Gasteiger charge is -2.23. The Morgan fingerprint density at radius 1 is 1.27 bits per heavy atom. The van der Waals surface area contributed by atoms with Crippen molar-refractivity contribution in [2.45, 2.75) is 38.8 Å². The van der Waals surface area contributed by atoms with Gasteiger partial charge in [0.1, 0.15) is 5.60 Å². The van der Waals surface area contributed by atoms with E-state index >= 15 is 0 Å². The molecule has 0 saturated carbocycles. The fraction of sp³-hybridized carbons (Fsp3) is 0.500. The Labute approximate surface area is 131 Å². The normalized spacial score (nSPS) is 13.5. The zero-order chi connectivity index (χ0) is 16.8. The first-order chi connectivity index (χ1) is 10.1. The molecule has 0 aromatic heterocycles. The Balaban J connectivity index is 2.71. The van der Waals surface area contributed by atoms with E-state index in [4.69, 9.17) is 9.88 Å². The van der Waals surface area contributed by atoms with E-state index in [1.807, 2.05) is 30.3 Å². The molecule has 1 aromatic carbocycles. The number of nitrogens with one attached hydrogen (secondary N) is 1. The van der Waals surface area contributed by atoms with E-state index in [2.05, 4.69) is 9.50 Å². The molecule has 0 saturated heterocycles. The second-order valence-electron chi connectivity index (χ2n) is 5.81. The average Bonchev–Trinajstić information content (AvgIpc) is 2.34. The minimum absolute atomic E-state index is 0.271. The summed E-state index contributed by atoms with van der Waals surface area (Å²) < 4.78 is 31.6. The molecular formula is C14H22N2O5S. The lowest BCUT2D eigenvalue weighted by molar-refractivity contribution is 0.0488. The molecule has 1 unspecified atom stereocenters. The van der Waals surface area contributed by atoms with E-state index in [0.29, 0.717) is 6.42 Å². The predicted molar refractivity (Wildman–Crippen MR) is 82.4 cm³/mol. The van der Waals surface area contributed by atoms with E-state index in [0.717, 1.165) is 5.56 Å². The third-order valence-corrected chi connectivity index (χ3v) is 2.94. The third kappa shape index (κ3) is 8.60. The summed E-state index contributed by atoms with van der Waals surface area (Å²) in [5.41, 5.74) is 0.268. The highest BCUT2D eigenvalue weighted by Gasteiger charge is 2.21. The first kappa shape index (κ1) is 18.4. The minimum atomic E-state index is -4.07. The van der Waals surface area contributed by atoms with Gasteiger partial charge in [-0.15, -0.1) is 0 Å². The number of hydrogen-bond acceptors (Lipinski definition) is 5. The van der Waals surface area contributed by atoms with Crippen LogP contribution < -0.4 is 10.5 Å². The van der Waals surface area contributed by atoms with Crippen LogP contribution in [0.3, 0.4) is 0 Å². The Bertz CT molecular complexity index is 581. The van der Waals surface area contributed by atoms with Crippen molar-refractivity contribution in [1.29, 1.82) is 0 Å². The molecule has 0 radical (unpaired) electrons. The van der Waals surface area contributed by atoms with Crippen molar-refractivity contribution in [2.75, 3.05) is 6.61 Å². The summed E-state index contributed by atoms with van der Waals surface area (Å²) in [6, 6.07) is 8.69. The molecular weight excluding hydrogens is 308 g/mol. The first-order valence-corrected chi connectivity index (χ1v) is 8.23. The quantitative estimate of drug-likeness (QED) is 0.818. The highest BCUT2D eigenvalue weighted by molar-refractivity contribution is 7.84. The highest BCUT2D eigenvalue weighted by atomic mass is 32.2. The topological polar surface area (TPSA) is 108 Å². The van der Waals surface area contributed by atoms with Crippen LogP contribution in [0.1, 0.15) is 26.3 Å². The molecule has 0 spiro atoms. The molecule has 1 rings (SSSR count). The van der Waals surface area contributed by atoms with Gasteiger partial charge in [0.25, 0.3) is 0 Å². The van der Waals surface area contributed by atoms with Gasteiger partial charge >= 0.3 is 16.4 Å². The van der Waals surface area contributed by atoms with Gasteiger partial charge in [0.2, 0.25) is 0 Å². The number of alkyl carbamates (subject to hydrolysis) is 1. The number of amides is 1. The lowest BCUT2D eigenvalue weighted by Crippen LogP contribution is -2.43. The van der Waals surface area contributed by atoms with Gasteiger partial charge in [-0.05, 0) is 32.8 Å². The zero-order valence-electron chi connectivity index (χ0n) is 12.9. The molecule has 0 aliphatic carbocycles. The van der Waals surface area contributed by atoms with Gasteiger partial charge in [0, 0.05) is 0 Å². The summed E-state index contributed by atoms with van der Waals surface area (Å²) in [5.74, 6) is 0. The fourth-order valence-corrected chi connectivity index (χ4v) is 2.06. The van der Waals surface area contributed by atoms with Crippen molar-refractivity contribution < 1.29 is 22.1 Å². The molecule has 7 nitrogen and oxygen atoms in total. The van der Waals surface area contributed by atoms with Gasteiger partial charge in [-0.1, -0.05) is 30.3 Å². The number of ether oxygens (including phenoxy) is 1. The highest BCUT2D eigenvalue weighted by Crippen LogP contribution is 2.09. The molecule has 0 aliphatic heterocycles. The summed E-state index contributed by atoms with van der Waals surface area (Å²) >= 11 is 0. The Morgan fingerprint density at radius 2 is 1.86 bits per heavy atom. The van der Waals surface area contributed by atoms with Crippen LogP contribution in [0, 0.1) is 0 Å². The van der Waals surface area contributed by atoms with Gasteiger partial charge in [0.15, 0.2) is 0 Å². The third-order valence-electron chi connectivity index (χ3n) is 2.48. The summed E-state index contributed by atoms with van der Waals surface area (Å²) in [5, 5.41) is 7.40. The van der Waals surface area contributed by atoms with E-state index in [9.17, 15) is 13.2 Å². The summed E-state index contributed by atoms with van der Waals surface area (Å²) in [6.07, 6.45) is -0.262. The van der Waals surface area contributed by atoms with E-state index in [-0.39, 0.29) is 6.61 Å². The van der Waals surface area contributed by atoms with Crippen LogP contribution in [-0.2, 0) is 25.6 Å². The molecule has 0 bridgehead atoms. The van der Waals surface area contributed by atoms with Crippen LogP contribution in [0.4, 0.5) is 4.79 Å². The number of carbonyl (C=O) groups is 1. The molecule has 1 aromatic rings. The van der Waals surface area contributed by atoms with Crippen molar-refractivity contribution >= 4 is 16.4 Å². The van der Waals surface area contributed by atoms with Gasteiger partial charge < -0.3 is 10.1 Å². The van der Waals surface area contributed by atoms with E-state index in [1.54, 1.807) is 20.8 Å². The smallest absolute Gasteiger partial charge is 0.407 e. The average molecular weight is 330 g/mol. The van der Waals surface area contributed by atoms with E-state index in [1.165, 1.54) is 0 Å². The lowest BCUT2D eigenvalue weighted by atomic mass is 10.1. The number of rotatable bonds is 6. The van der Waals surface area contributed by atoms with Crippen molar-refractivity contribution in [3.8, 4) is 0 Å². The second-order valence-corrected chi connectivity index (χ2v) is 7.03. The van der Waals surface area contributed by atoms with Crippen molar-refractivity contribution in [2.24, 2.45) is 5.14 Å².